The molecule has 0 atom stereocenters. The molecule has 0 saturated carbocycles. The molecular formula is C5H16BN. The summed E-state index contributed by atoms with van der Waals surface area (Å²) in [6, 6.07) is 0. The van der Waals surface area contributed by atoms with Gasteiger partial charge in [0.1, 0.15) is 0 Å². The lowest BCUT2D eigenvalue weighted by atomic mass is 9.88. The summed E-state index contributed by atoms with van der Waals surface area (Å²) in [4.78, 5) is 0. The number of quaternary nitrogens is 1. The summed E-state index contributed by atoms with van der Waals surface area (Å²) in [7, 11) is 0.240. The number of hydrogen-bond donors (Lipinski definition) is 1. The Labute approximate surface area is 46.5 Å². The van der Waals surface area contributed by atoms with Crippen molar-refractivity contribution >= 4 is 7.41 Å². The molecule has 0 radical (unpaired) electrons. The Hall–Kier alpha value is 0.0249. The van der Waals surface area contributed by atoms with Crippen molar-refractivity contribution in [3.8, 4) is 0 Å². The minimum absolute atomic E-state index is 0.240. The van der Waals surface area contributed by atoms with Gasteiger partial charge in [-0.05, 0) is 0 Å². The molecule has 44 valence electrons. The van der Waals surface area contributed by atoms with Crippen LogP contribution in [0.4, 0.5) is 0 Å². The highest BCUT2D eigenvalue weighted by atomic mass is 14.3. The Morgan fingerprint density at radius 2 is 2.14 bits per heavy atom. The van der Waals surface area contributed by atoms with E-state index in [9.17, 15) is 0 Å². The van der Waals surface area contributed by atoms with Gasteiger partial charge in [0.15, 0.2) is 7.41 Å². The van der Waals surface area contributed by atoms with Gasteiger partial charge in [-0.15, -0.1) is 6.32 Å². The predicted octanol–water partition coefficient (Wildman–Crippen LogP) is -0.0794. The van der Waals surface area contributed by atoms with Crippen LogP contribution in [0.2, 0.25) is 6.32 Å². The number of unbranched alkanes of at least 4 members (excludes halogenated alkanes) is 2. The maximum atomic E-state index is 3.88. The highest BCUT2D eigenvalue weighted by Gasteiger charge is 1.79. The van der Waals surface area contributed by atoms with Crippen LogP contribution in [0.15, 0.2) is 0 Å². The maximum absolute atomic E-state index is 3.88. The van der Waals surface area contributed by atoms with E-state index in [0.717, 1.165) is 0 Å². The van der Waals surface area contributed by atoms with Crippen LogP contribution >= 0.6 is 0 Å². The average molecular weight is 101 g/mol. The first-order valence-corrected chi connectivity index (χ1v) is 3.62. The lowest BCUT2D eigenvalue weighted by molar-refractivity contribution is -0.181. The van der Waals surface area contributed by atoms with Crippen molar-refractivity contribution in [2.75, 3.05) is 0 Å². The smallest absolute Gasteiger partial charge is 0.178 e. The monoisotopic (exact) mass is 101 g/mol. The third-order valence-corrected chi connectivity index (χ3v) is 1.31. The van der Waals surface area contributed by atoms with Crippen molar-refractivity contribution in [3.05, 3.63) is 0 Å². The van der Waals surface area contributed by atoms with E-state index >= 15 is 0 Å². The third-order valence-electron chi connectivity index (χ3n) is 1.31. The molecule has 0 amide bonds. The molecular weight excluding hydrogens is 84.9 g/mol. The molecule has 0 aliphatic carbocycles. The van der Waals surface area contributed by atoms with Crippen LogP contribution in [-0.2, 0) is 0 Å². The van der Waals surface area contributed by atoms with Gasteiger partial charge in [0, 0.05) is 0 Å². The molecule has 0 saturated heterocycles. The normalized spacial score (nSPS) is 9.43. The minimum Gasteiger partial charge on any atom is -0.552 e. The molecule has 0 spiro atoms. The van der Waals surface area contributed by atoms with Gasteiger partial charge in [0.05, 0.1) is 0 Å². The summed E-state index contributed by atoms with van der Waals surface area (Å²) in [5, 5.41) is 0. The second kappa shape index (κ2) is 6.02. The van der Waals surface area contributed by atoms with Gasteiger partial charge >= 0.3 is 0 Å². The van der Waals surface area contributed by atoms with Crippen LogP contribution in [0.1, 0.15) is 26.2 Å². The molecule has 0 bridgehead atoms. The van der Waals surface area contributed by atoms with Crippen LogP contribution in [0, 0.1) is 0 Å². The van der Waals surface area contributed by atoms with Crippen LogP contribution in [0.5, 0.6) is 0 Å². The average Bonchev–Trinajstić information content (AvgIpc) is 1.69. The molecule has 7 heavy (non-hydrogen) atoms. The Kier molecular flexibility index (Phi) is 6.05. The number of rotatable bonds is 4. The molecule has 3 N–H and O–H groups in total. The molecule has 0 rings (SSSR count). The lowest BCUT2D eigenvalue weighted by Crippen LogP contribution is -2.53. The third kappa shape index (κ3) is 6.02. The van der Waals surface area contributed by atoms with Gasteiger partial charge in [-0.1, -0.05) is 26.2 Å². The minimum atomic E-state index is 0.240. The van der Waals surface area contributed by atoms with E-state index in [4.69, 9.17) is 0 Å². The van der Waals surface area contributed by atoms with Gasteiger partial charge < -0.3 is 5.64 Å². The second-order valence-electron chi connectivity index (χ2n) is 2.21. The topological polar surface area (TPSA) is 27.6 Å². The molecule has 0 unspecified atom stereocenters. The van der Waals surface area contributed by atoms with E-state index in [1.54, 1.807) is 0 Å². The zero-order valence-electron chi connectivity index (χ0n) is 5.54. The van der Waals surface area contributed by atoms with Gasteiger partial charge in [-0.2, -0.15) is 0 Å². The Balaban J connectivity index is 2.45. The van der Waals surface area contributed by atoms with Crippen molar-refractivity contribution in [1.29, 1.82) is 0 Å². The first-order chi connectivity index (χ1) is 3.41. The van der Waals surface area contributed by atoms with Crippen LogP contribution in [-0.4, -0.2) is 7.41 Å². The lowest BCUT2D eigenvalue weighted by Gasteiger charge is -1.92. The summed E-state index contributed by atoms with van der Waals surface area (Å²) in [5.41, 5.74) is 3.88. The van der Waals surface area contributed by atoms with Gasteiger partial charge in [-0.25, -0.2) is 0 Å². The summed E-state index contributed by atoms with van der Waals surface area (Å²) in [5.74, 6) is 0. The molecule has 0 aromatic rings. The van der Waals surface area contributed by atoms with Crippen molar-refractivity contribution in [2.45, 2.75) is 32.5 Å². The van der Waals surface area contributed by atoms with Crippen molar-refractivity contribution in [2.24, 2.45) is 0 Å². The zero-order valence-corrected chi connectivity index (χ0v) is 5.54. The highest BCUT2D eigenvalue weighted by molar-refractivity contribution is 6.22. The first-order valence-electron chi connectivity index (χ1n) is 3.62. The molecule has 2 heteroatoms. The van der Waals surface area contributed by atoms with E-state index in [-0.39, 0.29) is 7.41 Å². The summed E-state index contributed by atoms with van der Waals surface area (Å²) in [6.07, 6.45) is 5.64. The fourth-order valence-corrected chi connectivity index (χ4v) is 0.750. The molecule has 0 fully saturated rings. The number of hydrogen-bond acceptors (Lipinski definition) is 0. The van der Waals surface area contributed by atoms with Crippen molar-refractivity contribution in [1.82, 2.24) is 0 Å². The fraction of sp³-hybridized carbons (Fsp3) is 1.00. The van der Waals surface area contributed by atoms with E-state index in [2.05, 4.69) is 12.6 Å². The fourth-order valence-electron chi connectivity index (χ4n) is 0.750. The standard InChI is InChI=1S/C5H16BN/c1-2-3-4-5-6-7/h2-6H2,1,7H3. The zero-order chi connectivity index (χ0) is 5.54. The molecule has 0 aromatic heterocycles. The Bertz CT molecular complexity index is 27.3. The van der Waals surface area contributed by atoms with Crippen molar-refractivity contribution in [3.63, 3.8) is 0 Å². The quantitative estimate of drug-likeness (QED) is 0.379. The molecule has 0 aromatic carbocycles. The largest absolute Gasteiger partial charge is 0.552 e. The Morgan fingerprint density at radius 1 is 1.43 bits per heavy atom. The molecule has 0 heterocycles. The molecule has 0 aliphatic heterocycles. The summed E-state index contributed by atoms with van der Waals surface area (Å²) >= 11 is 0. The van der Waals surface area contributed by atoms with Gasteiger partial charge in [0.25, 0.3) is 0 Å². The van der Waals surface area contributed by atoms with E-state index in [1.165, 1.54) is 25.6 Å². The SMILES string of the molecule is CCCCC[BH2-][NH3+]. The van der Waals surface area contributed by atoms with E-state index in [0.29, 0.717) is 0 Å². The van der Waals surface area contributed by atoms with Gasteiger partial charge in [0.2, 0.25) is 0 Å². The predicted molar refractivity (Wildman–Crippen MR) is 35.8 cm³/mol. The van der Waals surface area contributed by atoms with Crippen molar-refractivity contribution < 1.29 is 5.64 Å². The molecule has 0 aliphatic rings. The van der Waals surface area contributed by atoms with Crippen LogP contribution in [0.3, 0.4) is 0 Å². The summed E-state index contributed by atoms with van der Waals surface area (Å²) < 4.78 is 0. The van der Waals surface area contributed by atoms with E-state index in [1.807, 2.05) is 0 Å². The highest BCUT2D eigenvalue weighted by Crippen LogP contribution is 1.95. The first kappa shape index (κ1) is 7.02. The molecule has 1 nitrogen and oxygen atoms in total. The Morgan fingerprint density at radius 3 is 2.57 bits per heavy atom. The summed E-state index contributed by atoms with van der Waals surface area (Å²) in [6.45, 7) is 2.24. The van der Waals surface area contributed by atoms with Gasteiger partial charge in [-0.3, -0.25) is 0 Å². The second-order valence-corrected chi connectivity index (χ2v) is 2.21. The van der Waals surface area contributed by atoms with E-state index < -0.39 is 0 Å². The van der Waals surface area contributed by atoms with Crippen LogP contribution in [0.25, 0.3) is 0 Å². The maximum Gasteiger partial charge on any atom is 0.178 e. The van der Waals surface area contributed by atoms with Crippen LogP contribution < -0.4 is 5.64 Å².